The van der Waals surface area contributed by atoms with Gasteiger partial charge in [-0.25, -0.2) is 4.79 Å². The van der Waals surface area contributed by atoms with Crippen LogP contribution in [0.25, 0.3) is 6.08 Å². The third kappa shape index (κ3) is 1.97. The zero-order valence-corrected chi connectivity index (χ0v) is 10.5. The number of anilines is 1. The van der Waals surface area contributed by atoms with Crippen molar-refractivity contribution in [3.8, 4) is 0 Å². The number of allylic oxidation sites excluding steroid dienone is 1. The minimum Gasteiger partial charge on any atom is -0.478 e. The van der Waals surface area contributed by atoms with Crippen molar-refractivity contribution in [3.05, 3.63) is 70.9 Å². The number of hydrogen-bond donors (Lipinski definition) is 2. The van der Waals surface area contributed by atoms with E-state index in [1.54, 1.807) is 36.4 Å². The summed E-state index contributed by atoms with van der Waals surface area (Å²) in [6.45, 7) is 0. The number of carboxylic acid groups (broad SMARTS) is 1. The molecule has 20 heavy (non-hydrogen) atoms. The summed E-state index contributed by atoms with van der Waals surface area (Å²) in [4.78, 5) is 23.4. The van der Waals surface area contributed by atoms with Crippen LogP contribution in [0, 0.1) is 0 Å². The Morgan fingerprint density at radius 1 is 1.05 bits per heavy atom. The molecule has 0 radical (unpaired) electrons. The fourth-order valence-corrected chi connectivity index (χ4v) is 2.21. The number of carbonyl (C=O) groups excluding carboxylic acids is 1. The Bertz CT molecular complexity index is 747. The van der Waals surface area contributed by atoms with E-state index in [1.165, 1.54) is 6.07 Å². The lowest BCUT2D eigenvalue weighted by Crippen LogP contribution is -2.03. The van der Waals surface area contributed by atoms with Crippen LogP contribution in [0.15, 0.2) is 54.2 Å². The molecule has 3 rings (SSSR count). The number of ketones is 1. The molecule has 0 saturated carbocycles. The van der Waals surface area contributed by atoms with Crippen molar-refractivity contribution in [2.24, 2.45) is 0 Å². The van der Waals surface area contributed by atoms with Gasteiger partial charge in [0.05, 0.1) is 11.3 Å². The van der Waals surface area contributed by atoms with Crippen molar-refractivity contribution < 1.29 is 14.7 Å². The van der Waals surface area contributed by atoms with Gasteiger partial charge < -0.3 is 10.4 Å². The number of fused-ring (bicyclic) bond motifs is 1. The molecule has 4 heteroatoms. The van der Waals surface area contributed by atoms with Gasteiger partial charge >= 0.3 is 5.97 Å². The minimum absolute atomic E-state index is 0.124. The Morgan fingerprint density at radius 3 is 2.50 bits per heavy atom. The van der Waals surface area contributed by atoms with Gasteiger partial charge in [-0.05, 0) is 29.8 Å². The molecule has 1 heterocycles. The molecule has 0 fully saturated rings. The Labute approximate surface area is 115 Å². The fraction of sp³-hybridized carbons (Fsp3) is 0. The van der Waals surface area contributed by atoms with Crippen LogP contribution in [0.3, 0.4) is 0 Å². The van der Waals surface area contributed by atoms with Crippen LogP contribution >= 0.6 is 0 Å². The third-order valence-electron chi connectivity index (χ3n) is 3.18. The van der Waals surface area contributed by atoms with E-state index in [4.69, 9.17) is 5.11 Å². The van der Waals surface area contributed by atoms with Gasteiger partial charge in [-0.1, -0.05) is 30.3 Å². The number of carboxylic acids is 1. The first kappa shape index (κ1) is 12.2. The number of Topliss-reactive ketones (excluding diaryl/α,β-unsaturated/α-hetero) is 1. The van der Waals surface area contributed by atoms with E-state index >= 15 is 0 Å². The van der Waals surface area contributed by atoms with Crippen LogP contribution in [0.2, 0.25) is 0 Å². The molecule has 0 amide bonds. The third-order valence-corrected chi connectivity index (χ3v) is 3.18. The molecule has 2 N–H and O–H groups in total. The highest BCUT2D eigenvalue weighted by atomic mass is 16.4. The van der Waals surface area contributed by atoms with E-state index in [-0.39, 0.29) is 11.3 Å². The number of aromatic carboxylic acids is 1. The first-order valence-corrected chi connectivity index (χ1v) is 6.11. The maximum atomic E-state index is 12.2. The molecule has 0 spiro atoms. The Hall–Kier alpha value is -2.88. The van der Waals surface area contributed by atoms with E-state index in [1.807, 2.05) is 12.1 Å². The first-order valence-electron chi connectivity index (χ1n) is 6.11. The average molecular weight is 265 g/mol. The average Bonchev–Trinajstić information content (AvgIpc) is 2.76. The molecular formula is C16H11NO3. The maximum Gasteiger partial charge on any atom is 0.336 e. The minimum atomic E-state index is -1.01. The van der Waals surface area contributed by atoms with E-state index in [0.717, 1.165) is 5.69 Å². The van der Waals surface area contributed by atoms with Gasteiger partial charge in [-0.15, -0.1) is 0 Å². The van der Waals surface area contributed by atoms with Crippen molar-refractivity contribution in [1.29, 1.82) is 0 Å². The van der Waals surface area contributed by atoms with Gasteiger partial charge in [-0.2, -0.15) is 0 Å². The second-order valence-corrected chi connectivity index (χ2v) is 4.45. The predicted octanol–water partition coefficient (Wildman–Crippen LogP) is 3.03. The van der Waals surface area contributed by atoms with Crippen molar-refractivity contribution in [1.82, 2.24) is 0 Å². The quantitative estimate of drug-likeness (QED) is 0.819. The van der Waals surface area contributed by atoms with Crippen molar-refractivity contribution in [3.63, 3.8) is 0 Å². The fourth-order valence-electron chi connectivity index (χ4n) is 2.21. The molecule has 98 valence electrons. The van der Waals surface area contributed by atoms with Crippen LogP contribution in [0.1, 0.15) is 26.3 Å². The second kappa shape index (κ2) is 4.66. The standard InChI is InChI=1S/C16H11NO3/c18-15-12-7-3-4-8-13(12)17-14(15)9-10-5-1-2-6-11(10)16(19)20/h1-9,17H,(H,19,20). The van der Waals surface area contributed by atoms with E-state index in [9.17, 15) is 9.59 Å². The maximum absolute atomic E-state index is 12.2. The largest absolute Gasteiger partial charge is 0.478 e. The Morgan fingerprint density at radius 2 is 1.75 bits per heavy atom. The summed E-state index contributed by atoms with van der Waals surface area (Å²) in [7, 11) is 0. The number of rotatable bonds is 2. The zero-order valence-electron chi connectivity index (χ0n) is 10.5. The molecule has 0 aromatic heterocycles. The van der Waals surface area contributed by atoms with Crippen molar-refractivity contribution >= 4 is 23.5 Å². The molecule has 1 aliphatic rings. The lowest BCUT2D eigenvalue weighted by atomic mass is 10.0. The van der Waals surface area contributed by atoms with Gasteiger partial charge in [0.2, 0.25) is 5.78 Å². The SMILES string of the molecule is O=C(O)c1ccccc1C=C1Nc2ccccc2C1=O. The summed E-state index contributed by atoms with van der Waals surface area (Å²) in [5.74, 6) is -1.14. The van der Waals surface area contributed by atoms with E-state index in [0.29, 0.717) is 16.8 Å². The molecule has 4 nitrogen and oxygen atoms in total. The number of para-hydroxylation sites is 1. The molecule has 2 aromatic carbocycles. The molecule has 2 aromatic rings. The topological polar surface area (TPSA) is 66.4 Å². The van der Waals surface area contributed by atoms with Gasteiger partial charge in [0.1, 0.15) is 0 Å². The number of benzene rings is 2. The normalized spacial score (nSPS) is 15.0. The van der Waals surface area contributed by atoms with Gasteiger partial charge in [0.25, 0.3) is 0 Å². The lowest BCUT2D eigenvalue weighted by molar-refractivity contribution is 0.0696. The Balaban J connectivity index is 2.04. The van der Waals surface area contributed by atoms with Crippen LogP contribution in [0.5, 0.6) is 0 Å². The van der Waals surface area contributed by atoms with Gasteiger partial charge in [-0.3, -0.25) is 4.79 Å². The summed E-state index contributed by atoms with van der Waals surface area (Å²) in [6, 6.07) is 13.8. The molecule has 0 bridgehead atoms. The molecule has 0 atom stereocenters. The second-order valence-electron chi connectivity index (χ2n) is 4.45. The Kier molecular flexibility index (Phi) is 2.84. The molecule has 0 aliphatic carbocycles. The van der Waals surface area contributed by atoms with Gasteiger partial charge in [0.15, 0.2) is 0 Å². The van der Waals surface area contributed by atoms with Crippen LogP contribution < -0.4 is 5.32 Å². The number of carbonyl (C=O) groups is 2. The monoisotopic (exact) mass is 265 g/mol. The van der Waals surface area contributed by atoms with Crippen molar-refractivity contribution in [2.45, 2.75) is 0 Å². The molecule has 1 aliphatic heterocycles. The van der Waals surface area contributed by atoms with E-state index in [2.05, 4.69) is 5.32 Å². The zero-order chi connectivity index (χ0) is 14.1. The highest BCUT2D eigenvalue weighted by molar-refractivity contribution is 6.20. The van der Waals surface area contributed by atoms with E-state index < -0.39 is 5.97 Å². The number of hydrogen-bond acceptors (Lipinski definition) is 3. The lowest BCUT2D eigenvalue weighted by Gasteiger charge is -2.02. The summed E-state index contributed by atoms with van der Waals surface area (Å²) < 4.78 is 0. The van der Waals surface area contributed by atoms with Crippen LogP contribution in [-0.4, -0.2) is 16.9 Å². The molecule has 0 saturated heterocycles. The van der Waals surface area contributed by atoms with Crippen molar-refractivity contribution in [2.75, 3.05) is 5.32 Å². The summed E-state index contributed by atoms with van der Waals surface area (Å²) in [6.07, 6.45) is 1.58. The molecular weight excluding hydrogens is 254 g/mol. The highest BCUT2D eigenvalue weighted by Crippen LogP contribution is 2.29. The highest BCUT2D eigenvalue weighted by Gasteiger charge is 2.24. The summed E-state index contributed by atoms with van der Waals surface area (Å²) in [5.41, 5.74) is 2.41. The number of nitrogens with one attached hydrogen (secondary N) is 1. The smallest absolute Gasteiger partial charge is 0.336 e. The summed E-state index contributed by atoms with van der Waals surface area (Å²) >= 11 is 0. The molecule has 0 unspecified atom stereocenters. The van der Waals surface area contributed by atoms with Crippen LogP contribution in [0.4, 0.5) is 5.69 Å². The summed E-state index contributed by atoms with van der Waals surface area (Å²) in [5, 5.41) is 12.2. The predicted molar refractivity (Wildman–Crippen MR) is 75.8 cm³/mol. The van der Waals surface area contributed by atoms with Gasteiger partial charge in [0, 0.05) is 11.3 Å². The first-order chi connectivity index (χ1) is 9.66. The van der Waals surface area contributed by atoms with Crippen LogP contribution in [-0.2, 0) is 0 Å².